The summed E-state index contributed by atoms with van der Waals surface area (Å²) in [6.45, 7) is 4.29. The molecular weight excluding hydrogens is 280 g/mol. The van der Waals surface area contributed by atoms with E-state index in [2.05, 4.69) is 45.1 Å². The number of alkyl halides is 1. The van der Waals surface area contributed by atoms with E-state index in [0.29, 0.717) is 0 Å². The number of nitrogens with zero attached hydrogens (tertiary/aromatic N) is 4. The first-order valence-electron chi connectivity index (χ1n) is 6.41. The van der Waals surface area contributed by atoms with Crippen molar-refractivity contribution in [2.24, 2.45) is 0 Å². The van der Waals surface area contributed by atoms with E-state index in [4.69, 9.17) is 0 Å². The Kier molecular flexibility index (Phi) is 4.56. The predicted molar refractivity (Wildman–Crippen MR) is 72.3 cm³/mol. The lowest BCUT2D eigenvalue weighted by Crippen LogP contribution is -2.36. The van der Waals surface area contributed by atoms with E-state index < -0.39 is 0 Å². The van der Waals surface area contributed by atoms with E-state index in [-0.39, 0.29) is 4.83 Å². The van der Waals surface area contributed by atoms with Crippen molar-refractivity contribution in [1.29, 1.82) is 0 Å². The maximum absolute atomic E-state index is 4.17. The molecule has 4 nitrogen and oxygen atoms in total. The molecule has 0 aromatic carbocycles. The Morgan fingerprint density at radius 1 is 1.53 bits per heavy atom. The molecule has 17 heavy (non-hydrogen) atoms. The lowest BCUT2D eigenvalue weighted by molar-refractivity contribution is 0.169. The third kappa shape index (κ3) is 3.52. The van der Waals surface area contributed by atoms with Gasteiger partial charge < -0.3 is 4.90 Å². The van der Waals surface area contributed by atoms with Gasteiger partial charge in [0.1, 0.15) is 0 Å². The van der Waals surface area contributed by atoms with Gasteiger partial charge in [0, 0.05) is 18.8 Å². The molecule has 0 amide bonds. The number of halogens is 1. The van der Waals surface area contributed by atoms with Gasteiger partial charge in [-0.3, -0.25) is 4.68 Å². The summed E-state index contributed by atoms with van der Waals surface area (Å²) in [6, 6.07) is 0.720. The molecule has 5 heteroatoms. The molecule has 0 radical (unpaired) electrons. The van der Waals surface area contributed by atoms with E-state index in [1.54, 1.807) is 0 Å². The van der Waals surface area contributed by atoms with Crippen LogP contribution < -0.4 is 0 Å². The highest BCUT2D eigenvalue weighted by molar-refractivity contribution is 9.09. The van der Waals surface area contributed by atoms with Crippen LogP contribution in [0.4, 0.5) is 0 Å². The quantitative estimate of drug-likeness (QED) is 0.802. The van der Waals surface area contributed by atoms with E-state index in [1.165, 1.54) is 32.2 Å². The largest absolute Gasteiger partial charge is 0.303 e. The van der Waals surface area contributed by atoms with Crippen molar-refractivity contribution in [1.82, 2.24) is 19.9 Å². The topological polar surface area (TPSA) is 34.0 Å². The van der Waals surface area contributed by atoms with Crippen molar-refractivity contribution < 1.29 is 0 Å². The highest BCUT2D eigenvalue weighted by Gasteiger charge is 2.18. The maximum atomic E-state index is 4.17. The molecule has 2 unspecified atom stereocenters. The lowest BCUT2D eigenvalue weighted by atomic mass is 10.0. The van der Waals surface area contributed by atoms with Crippen LogP contribution >= 0.6 is 15.9 Å². The Labute approximate surface area is 111 Å². The van der Waals surface area contributed by atoms with Crippen LogP contribution in [0.2, 0.25) is 0 Å². The van der Waals surface area contributed by atoms with Crippen LogP contribution in [-0.4, -0.2) is 39.5 Å². The van der Waals surface area contributed by atoms with Gasteiger partial charge in [0.25, 0.3) is 0 Å². The molecule has 2 heterocycles. The molecule has 1 aromatic heterocycles. The number of rotatable bonds is 4. The molecule has 1 aliphatic heterocycles. The van der Waals surface area contributed by atoms with Crippen molar-refractivity contribution in [3.05, 3.63) is 11.9 Å². The number of hydrogen-bond acceptors (Lipinski definition) is 3. The SMILES string of the molecule is CC(Br)c1cn(CCC2CCCCN2C)nn1. The third-order valence-corrected chi connectivity index (χ3v) is 4.05. The van der Waals surface area contributed by atoms with Gasteiger partial charge in [-0.15, -0.1) is 5.10 Å². The molecule has 1 saturated heterocycles. The minimum Gasteiger partial charge on any atom is -0.303 e. The molecule has 1 fully saturated rings. The van der Waals surface area contributed by atoms with Gasteiger partial charge >= 0.3 is 0 Å². The van der Waals surface area contributed by atoms with Gasteiger partial charge in [-0.2, -0.15) is 0 Å². The first kappa shape index (κ1) is 13.0. The summed E-state index contributed by atoms with van der Waals surface area (Å²) in [7, 11) is 2.23. The molecular formula is C12H21BrN4. The first-order valence-corrected chi connectivity index (χ1v) is 7.32. The number of aromatic nitrogens is 3. The second kappa shape index (κ2) is 5.96. The van der Waals surface area contributed by atoms with Crippen LogP contribution in [0.15, 0.2) is 6.20 Å². The Balaban J connectivity index is 1.84. The second-order valence-electron chi connectivity index (χ2n) is 4.94. The molecule has 0 N–H and O–H groups in total. The zero-order valence-corrected chi connectivity index (χ0v) is 12.2. The number of likely N-dealkylation sites (tertiary alicyclic amines) is 1. The molecule has 0 saturated carbocycles. The summed E-state index contributed by atoms with van der Waals surface area (Å²) in [5.41, 5.74) is 1.02. The van der Waals surface area contributed by atoms with Crippen LogP contribution in [-0.2, 0) is 6.54 Å². The normalized spacial score (nSPS) is 23.8. The minimum absolute atomic E-state index is 0.286. The van der Waals surface area contributed by atoms with Crippen LogP contribution in [0.5, 0.6) is 0 Å². The van der Waals surface area contributed by atoms with Crippen LogP contribution in [0.1, 0.15) is 43.1 Å². The smallest absolute Gasteiger partial charge is 0.0960 e. The summed E-state index contributed by atoms with van der Waals surface area (Å²) in [6.07, 6.45) is 7.27. The Bertz CT molecular complexity index is 350. The molecule has 2 atom stereocenters. The van der Waals surface area contributed by atoms with E-state index in [9.17, 15) is 0 Å². The summed E-state index contributed by atoms with van der Waals surface area (Å²) in [5.74, 6) is 0. The van der Waals surface area contributed by atoms with Crippen molar-refractivity contribution in [2.45, 2.75) is 50.0 Å². The van der Waals surface area contributed by atoms with E-state index >= 15 is 0 Å². The fourth-order valence-electron chi connectivity index (χ4n) is 2.40. The maximum Gasteiger partial charge on any atom is 0.0960 e. The summed E-state index contributed by atoms with van der Waals surface area (Å²) >= 11 is 3.51. The fourth-order valence-corrected chi connectivity index (χ4v) is 2.60. The molecule has 2 rings (SSSR count). The zero-order valence-electron chi connectivity index (χ0n) is 10.6. The van der Waals surface area contributed by atoms with Gasteiger partial charge in [0.15, 0.2) is 0 Å². The monoisotopic (exact) mass is 300 g/mol. The van der Waals surface area contributed by atoms with Crippen molar-refractivity contribution in [3.63, 3.8) is 0 Å². The summed E-state index contributed by atoms with van der Waals surface area (Å²) in [4.78, 5) is 2.77. The van der Waals surface area contributed by atoms with E-state index in [1.807, 2.05) is 10.9 Å². The minimum atomic E-state index is 0.286. The van der Waals surface area contributed by atoms with Crippen LogP contribution in [0.3, 0.4) is 0 Å². The Hall–Kier alpha value is -0.420. The molecule has 96 valence electrons. The molecule has 0 aliphatic carbocycles. The highest BCUT2D eigenvalue weighted by Crippen LogP contribution is 2.20. The number of hydrogen-bond donors (Lipinski definition) is 0. The zero-order chi connectivity index (χ0) is 12.3. The van der Waals surface area contributed by atoms with Gasteiger partial charge in [-0.25, -0.2) is 0 Å². The van der Waals surface area contributed by atoms with Crippen LogP contribution in [0.25, 0.3) is 0 Å². The van der Waals surface area contributed by atoms with Gasteiger partial charge in [-0.05, 0) is 39.8 Å². The van der Waals surface area contributed by atoms with Gasteiger partial charge in [0.2, 0.25) is 0 Å². The Morgan fingerprint density at radius 3 is 3.00 bits per heavy atom. The van der Waals surface area contributed by atoms with Crippen molar-refractivity contribution in [2.75, 3.05) is 13.6 Å². The van der Waals surface area contributed by atoms with Crippen molar-refractivity contribution >= 4 is 15.9 Å². The second-order valence-corrected chi connectivity index (χ2v) is 6.31. The van der Waals surface area contributed by atoms with Crippen molar-refractivity contribution in [3.8, 4) is 0 Å². The molecule has 1 aliphatic rings. The van der Waals surface area contributed by atoms with Gasteiger partial charge in [-0.1, -0.05) is 27.6 Å². The van der Waals surface area contributed by atoms with E-state index in [0.717, 1.165) is 18.3 Å². The first-order chi connectivity index (χ1) is 8.16. The fraction of sp³-hybridized carbons (Fsp3) is 0.833. The lowest BCUT2D eigenvalue weighted by Gasteiger charge is -2.32. The highest BCUT2D eigenvalue weighted by atomic mass is 79.9. The standard InChI is InChI=1S/C12H21BrN4/c1-10(13)12-9-17(15-14-12)8-6-11-5-3-4-7-16(11)2/h9-11H,3-8H2,1-2H3. The Morgan fingerprint density at radius 2 is 2.35 bits per heavy atom. The summed E-state index contributed by atoms with van der Waals surface area (Å²) < 4.78 is 1.97. The predicted octanol–water partition coefficient (Wildman–Crippen LogP) is 2.61. The number of aryl methyl sites for hydroxylation is 1. The average Bonchev–Trinajstić information content (AvgIpc) is 2.77. The summed E-state index contributed by atoms with van der Waals surface area (Å²) in [5, 5.41) is 8.32. The average molecular weight is 301 g/mol. The molecule has 0 spiro atoms. The number of piperidine rings is 1. The molecule has 1 aromatic rings. The molecule has 0 bridgehead atoms. The van der Waals surface area contributed by atoms with Crippen LogP contribution in [0, 0.1) is 0 Å². The third-order valence-electron chi connectivity index (χ3n) is 3.58. The van der Waals surface area contributed by atoms with Gasteiger partial charge in [0.05, 0.1) is 10.5 Å².